The number of likely N-dealkylation sites (N-methyl/N-ethyl adjacent to an activating group) is 1. The Morgan fingerprint density at radius 3 is 2.90 bits per heavy atom. The third-order valence-corrected chi connectivity index (χ3v) is 4.17. The lowest BCUT2D eigenvalue weighted by Gasteiger charge is -2.23. The zero-order valence-corrected chi connectivity index (χ0v) is 13.5. The predicted octanol–water partition coefficient (Wildman–Crippen LogP) is 2.67. The van der Waals surface area contributed by atoms with Gasteiger partial charge in [-0.2, -0.15) is 0 Å². The Labute approximate surface area is 128 Å². The second kappa shape index (κ2) is 8.25. The Balaban J connectivity index is 1.93. The molecule has 0 bridgehead atoms. The molecule has 1 atom stereocenters. The van der Waals surface area contributed by atoms with E-state index >= 15 is 0 Å². The van der Waals surface area contributed by atoms with Gasteiger partial charge in [-0.25, -0.2) is 0 Å². The average Bonchev–Trinajstić information content (AvgIpc) is 2.96. The summed E-state index contributed by atoms with van der Waals surface area (Å²) in [5, 5.41) is 3.58. The summed E-state index contributed by atoms with van der Waals surface area (Å²) < 4.78 is 11.1. The van der Waals surface area contributed by atoms with Crippen LogP contribution >= 0.6 is 0 Å². The van der Waals surface area contributed by atoms with Crippen molar-refractivity contribution in [1.82, 2.24) is 10.2 Å². The molecule has 1 aromatic carbocycles. The standard InChI is InChI=1S/C17H28N2O2/c1-4-19-11-7-9-15(19)13-18-12-14-8-6-10-16(20-3)17(14)21-5-2/h6,8,10,15,18H,4-5,7,9,11-13H2,1-3H3/t15-/m0/s1. The van der Waals surface area contributed by atoms with Gasteiger partial charge in [0.15, 0.2) is 11.5 Å². The van der Waals surface area contributed by atoms with Crippen LogP contribution in [0.25, 0.3) is 0 Å². The highest BCUT2D eigenvalue weighted by Gasteiger charge is 2.22. The first-order valence-corrected chi connectivity index (χ1v) is 8.03. The Hall–Kier alpha value is -1.26. The van der Waals surface area contributed by atoms with Crippen molar-refractivity contribution in [2.75, 3.05) is 33.4 Å². The van der Waals surface area contributed by atoms with E-state index in [9.17, 15) is 0 Å². The fraction of sp³-hybridized carbons (Fsp3) is 0.647. The molecular formula is C17H28N2O2. The zero-order valence-electron chi connectivity index (χ0n) is 13.5. The average molecular weight is 292 g/mol. The number of nitrogens with zero attached hydrogens (tertiary/aromatic N) is 1. The molecule has 0 unspecified atom stereocenters. The molecule has 1 aliphatic heterocycles. The van der Waals surface area contributed by atoms with E-state index in [4.69, 9.17) is 9.47 Å². The molecule has 1 fully saturated rings. The number of para-hydroxylation sites is 1. The minimum atomic E-state index is 0.652. The van der Waals surface area contributed by atoms with Crippen LogP contribution in [0.1, 0.15) is 32.3 Å². The number of likely N-dealkylation sites (tertiary alicyclic amines) is 1. The smallest absolute Gasteiger partial charge is 0.165 e. The molecule has 1 aromatic rings. The largest absolute Gasteiger partial charge is 0.493 e. The van der Waals surface area contributed by atoms with Crippen LogP contribution in [0.3, 0.4) is 0 Å². The predicted molar refractivity (Wildman–Crippen MR) is 86.1 cm³/mol. The van der Waals surface area contributed by atoms with E-state index in [1.807, 2.05) is 19.1 Å². The maximum atomic E-state index is 5.75. The van der Waals surface area contributed by atoms with Gasteiger partial charge in [0.25, 0.3) is 0 Å². The molecule has 4 heteroatoms. The SMILES string of the molecule is CCOc1c(CNC[C@@H]2CCCN2CC)cccc1OC. The van der Waals surface area contributed by atoms with E-state index in [0.29, 0.717) is 12.6 Å². The fourth-order valence-corrected chi connectivity index (χ4v) is 3.09. The second-order valence-electron chi connectivity index (χ2n) is 5.44. The molecular weight excluding hydrogens is 264 g/mol. The third kappa shape index (κ3) is 4.11. The number of hydrogen-bond donors (Lipinski definition) is 1. The molecule has 1 N–H and O–H groups in total. The topological polar surface area (TPSA) is 33.7 Å². The minimum absolute atomic E-state index is 0.652. The Bertz CT molecular complexity index is 437. The van der Waals surface area contributed by atoms with Crippen LogP contribution in [0.5, 0.6) is 11.5 Å². The highest BCUT2D eigenvalue weighted by molar-refractivity contribution is 5.46. The maximum absolute atomic E-state index is 5.75. The summed E-state index contributed by atoms with van der Waals surface area (Å²) in [6.45, 7) is 9.15. The number of hydrogen-bond acceptors (Lipinski definition) is 4. The van der Waals surface area contributed by atoms with Gasteiger partial charge in [0.2, 0.25) is 0 Å². The highest BCUT2D eigenvalue weighted by atomic mass is 16.5. The van der Waals surface area contributed by atoms with E-state index < -0.39 is 0 Å². The monoisotopic (exact) mass is 292 g/mol. The Kier molecular flexibility index (Phi) is 6.33. The van der Waals surface area contributed by atoms with Crippen LogP contribution in [-0.4, -0.2) is 44.3 Å². The molecule has 1 heterocycles. The van der Waals surface area contributed by atoms with E-state index in [0.717, 1.165) is 36.7 Å². The Morgan fingerprint density at radius 2 is 2.19 bits per heavy atom. The zero-order chi connectivity index (χ0) is 15.1. The van der Waals surface area contributed by atoms with Crippen molar-refractivity contribution >= 4 is 0 Å². The summed E-state index contributed by atoms with van der Waals surface area (Å²) in [6, 6.07) is 6.75. The lowest BCUT2D eigenvalue weighted by molar-refractivity contribution is 0.259. The maximum Gasteiger partial charge on any atom is 0.165 e. The highest BCUT2D eigenvalue weighted by Crippen LogP contribution is 2.31. The van der Waals surface area contributed by atoms with Crippen molar-refractivity contribution in [3.05, 3.63) is 23.8 Å². The first-order valence-electron chi connectivity index (χ1n) is 8.03. The van der Waals surface area contributed by atoms with Gasteiger partial charge in [-0.3, -0.25) is 4.90 Å². The molecule has 0 aliphatic carbocycles. The second-order valence-corrected chi connectivity index (χ2v) is 5.44. The molecule has 118 valence electrons. The summed E-state index contributed by atoms with van der Waals surface area (Å²) in [4.78, 5) is 2.56. The van der Waals surface area contributed by atoms with E-state index in [1.54, 1.807) is 7.11 Å². The normalized spacial score (nSPS) is 18.9. The van der Waals surface area contributed by atoms with E-state index in [1.165, 1.54) is 19.4 Å². The molecule has 1 saturated heterocycles. The lowest BCUT2D eigenvalue weighted by Crippen LogP contribution is -2.37. The van der Waals surface area contributed by atoms with Crippen LogP contribution in [0.15, 0.2) is 18.2 Å². The Morgan fingerprint density at radius 1 is 1.33 bits per heavy atom. The van der Waals surface area contributed by atoms with Gasteiger partial charge in [-0.1, -0.05) is 19.1 Å². The van der Waals surface area contributed by atoms with Crippen LogP contribution < -0.4 is 14.8 Å². The molecule has 2 rings (SSSR count). The van der Waals surface area contributed by atoms with E-state index in [-0.39, 0.29) is 0 Å². The molecule has 0 spiro atoms. The quantitative estimate of drug-likeness (QED) is 0.799. The summed E-state index contributed by atoms with van der Waals surface area (Å²) in [6.07, 6.45) is 2.63. The molecule has 0 saturated carbocycles. The van der Waals surface area contributed by atoms with Crippen molar-refractivity contribution in [1.29, 1.82) is 0 Å². The molecule has 1 aliphatic rings. The van der Waals surface area contributed by atoms with Gasteiger partial charge in [0.1, 0.15) is 0 Å². The number of rotatable bonds is 8. The first-order chi connectivity index (χ1) is 10.3. The molecule has 0 amide bonds. The lowest BCUT2D eigenvalue weighted by atomic mass is 10.1. The van der Waals surface area contributed by atoms with Gasteiger partial charge in [-0.15, -0.1) is 0 Å². The number of benzene rings is 1. The number of ether oxygens (including phenoxy) is 2. The van der Waals surface area contributed by atoms with Crippen LogP contribution in [0.4, 0.5) is 0 Å². The summed E-state index contributed by atoms with van der Waals surface area (Å²) in [7, 11) is 1.69. The summed E-state index contributed by atoms with van der Waals surface area (Å²) in [5.74, 6) is 1.68. The van der Waals surface area contributed by atoms with Crippen LogP contribution in [0.2, 0.25) is 0 Å². The number of nitrogens with one attached hydrogen (secondary N) is 1. The van der Waals surface area contributed by atoms with Crippen molar-refractivity contribution in [2.45, 2.75) is 39.3 Å². The molecule has 4 nitrogen and oxygen atoms in total. The van der Waals surface area contributed by atoms with Crippen molar-refractivity contribution in [2.24, 2.45) is 0 Å². The van der Waals surface area contributed by atoms with Gasteiger partial charge in [0, 0.05) is 24.7 Å². The van der Waals surface area contributed by atoms with Crippen molar-refractivity contribution < 1.29 is 9.47 Å². The molecule has 0 radical (unpaired) electrons. The molecule has 21 heavy (non-hydrogen) atoms. The van der Waals surface area contributed by atoms with Crippen LogP contribution in [-0.2, 0) is 6.54 Å². The van der Waals surface area contributed by atoms with Gasteiger partial charge in [-0.05, 0) is 38.9 Å². The first kappa shape index (κ1) is 16.1. The van der Waals surface area contributed by atoms with Crippen LogP contribution in [0, 0.1) is 0 Å². The minimum Gasteiger partial charge on any atom is -0.493 e. The van der Waals surface area contributed by atoms with Crippen molar-refractivity contribution in [3.8, 4) is 11.5 Å². The van der Waals surface area contributed by atoms with E-state index in [2.05, 4.69) is 23.2 Å². The van der Waals surface area contributed by atoms with Gasteiger partial charge < -0.3 is 14.8 Å². The number of methoxy groups -OCH3 is 1. The van der Waals surface area contributed by atoms with Gasteiger partial charge in [0.05, 0.1) is 13.7 Å². The van der Waals surface area contributed by atoms with Crippen molar-refractivity contribution in [3.63, 3.8) is 0 Å². The fourth-order valence-electron chi connectivity index (χ4n) is 3.09. The third-order valence-electron chi connectivity index (χ3n) is 4.17. The molecule has 0 aromatic heterocycles. The van der Waals surface area contributed by atoms with Gasteiger partial charge >= 0.3 is 0 Å². The summed E-state index contributed by atoms with van der Waals surface area (Å²) >= 11 is 0. The summed E-state index contributed by atoms with van der Waals surface area (Å²) in [5.41, 5.74) is 1.16.